The monoisotopic (exact) mass is 234 g/mol. The number of likely N-dealkylation sites (tertiary alicyclic amines) is 1. The third kappa shape index (κ3) is 4.30. The lowest BCUT2D eigenvalue weighted by atomic mass is 10.2. The zero-order valence-corrected chi connectivity index (χ0v) is 10.7. The fourth-order valence-corrected chi connectivity index (χ4v) is 2.17. The van der Waals surface area contributed by atoms with Crippen LogP contribution < -0.4 is 5.32 Å². The second-order valence-electron chi connectivity index (χ2n) is 4.77. The molecule has 1 N–H and O–H groups in total. The van der Waals surface area contributed by atoms with Crippen LogP contribution in [0.1, 0.15) is 31.2 Å². The van der Waals surface area contributed by atoms with Gasteiger partial charge in [0.05, 0.1) is 0 Å². The van der Waals surface area contributed by atoms with Crippen LogP contribution in [-0.2, 0) is 0 Å². The van der Waals surface area contributed by atoms with Crippen molar-refractivity contribution in [2.24, 2.45) is 0 Å². The van der Waals surface area contributed by atoms with Gasteiger partial charge < -0.3 is 10.2 Å². The molecule has 4 nitrogen and oxygen atoms in total. The molecule has 4 heteroatoms. The standard InChI is InChI=1S/C13H22N4/c1-12-10-15-13(16-11-12)14-6-9-17-7-4-2-3-5-8-17/h10-11H,2-9H2,1H3,(H,14,15,16). The van der Waals surface area contributed by atoms with E-state index in [1.165, 1.54) is 38.8 Å². The first kappa shape index (κ1) is 12.3. The van der Waals surface area contributed by atoms with E-state index < -0.39 is 0 Å². The van der Waals surface area contributed by atoms with Gasteiger partial charge in [-0.3, -0.25) is 0 Å². The Bertz CT molecular complexity index is 315. The van der Waals surface area contributed by atoms with Gasteiger partial charge in [0.25, 0.3) is 0 Å². The lowest BCUT2D eigenvalue weighted by Crippen LogP contribution is -2.30. The van der Waals surface area contributed by atoms with Gasteiger partial charge >= 0.3 is 0 Å². The molecule has 1 aromatic heterocycles. The highest BCUT2D eigenvalue weighted by Crippen LogP contribution is 2.09. The van der Waals surface area contributed by atoms with E-state index in [1.54, 1.807) is 0 Å². The third-order valence-electron chi connectivity index (χ3n) is 3.19. The van der Waals surface area contributed by atoms with Crippen LogP contribution in [0, 0.1) is 6.92 Å². The Morgan fingerprint density at radius 2 is 1.76 bits per heavy atom. The molecule has 1 aliphatic rings. The fraction of sp³-hybridized carbons (Fsp3) is 0.692. The minimum Gasteiger partial charge on any atom is -0.353 e. The molecule has 1 saturated heterocycles. The first-order valence-corrected chi connectivity index (χ1v) is 6.59. The highest BCUT2D eigenvalue weighted by molar-refractivity contribution is 5.23. The summed E-state index contributed by atoms with van der Waals surface area (Å²) in [5.41, 5.74) is 1.10. The maximum absolute atomic E-state index is 4.24. The topological polar surface area (TPSA) is 41.1 Å². The molecule has 1 fully saturated rings. The molecular weight excluding hydrogens is 212 g/mol. The number of aryl methyl sites for hydroxylation is 1. The number of anilines is 1. The number of rotatable bonds is 4. The molecule has 0 spiro atoms. The van der Waals surface area contributed by atoms with Gasteiger partial charge in [-0.1, -0.05) is 12.8 Å². The molecule has 0 atom stereocenters. The Kier molecular flexibility index (Phi) is 4.74. The second-order valence-corrected chi connectivity index (χ2v) is 4.77. The van der Waals surface area contributed by atoms with Crippen LogP contribution in [0.3, 0.4) is 0 Å². The Balaban J connectivity index is 1.69. The van der Waals surface area contributed by atoms with Crippen molar-refractivity contribution in [1.29, 1.82) is 0 Å². The molecule has 17 heavy (non-hydrogen) atoms. The predicted octanol–water partition coefficient (Wildman–Crippen LogP) is 2.07. The van der Waals surface area contributed by atoms with Gasteiger partial charge in [0.15, 0.2) is 0 Å². The van der Waals surface area contributed by atoms with E-state index in [-0.39, 0.29) is 0 Å². The molecule has 94 valence electrons. The summed E-state index contributed by atoms with van der Waals surface area (Å²) in [7, 11) is 0. The van der Waals surface area contributed by atoms with Crippen molar-refractivity contribution in [1.82, 2.24) is 14.9 Å². The highest BCUT2D eigenvalue weighted by Gasteiger charge is 2.08. The van der Waals surface area contributed by atoms with E-state index in [0.717, 1.165) is 24.6 Å². The molecule has 0 aromatic carbocycles. The zero-order valence-electron chi connectivity index (χ0n) is 10.7. The molecule has 2 heterocycles. The number of hydrogen-bond donors (Lipinski definition) is 1. The van der Waals surface area contributed by atoms with Crippen LogP contribution in [-0.4, -0.2) is 41.0 Å². The Morgan fingerprint density at radius 3 is 2.41 bits per heavy atom. The maximum atomic E-state index is 4.24. The minimum atomic E-state index is 0.741. The molecule has 2 rings (SSSR count). The summed E-state index contributed by atoms with van der Waals surface area (Å²) in [6.07, 6.45) is 9.18. The Labute approximate surface area is 103 Å². The third-order valence-corrected chi connectivity index (χ3v) is 3.19. The summed E-state index contributed by atoms with van der Waals surface area (Å²) in [5.74, 6) is 0.741. The van der Waals surface area contributed by atoms with Crippen molar-refractivity contribution in [3.8, 4) is 0 Å². The molecule has 0 saturated carbocycles. The van der Waals surface area contributed by atoms with E-state index in [2.05, 4.69) is 20.2 Å². The number of hydrogen-bond acceptors (Lipinski definition) is 4. The second kappa shape index (κ2) is 6.55. The maximum Gasteiger partial charge on any atom is 0.222 e. The Hall–Kier alpha value is -1.16. The van der Waals surface area contributed by atoms with E-state index in [4.69, 9.17) is 0 Å². The number of aromatic nitrogens is 2. The molecule has 0 unspecified atom stereocenters. The largest absolute Gasteiger partial charge is 0.353 e. The van der Waals surface area contributed by atoms with Gasteiger partial charge in [-0.2, -0.15) is 0 Å². The fourth-order valence-electron chi connectivity index (χ4n) is 2.17. The van der Waals surface area contributed by atoms with E-state index in [0.29, 0.717) is 0 Å². The van der Waals surface area contributed by atoms with Crippen molar-refractivity contribution in [2.45, 2.75) is 32.6 Å². The molecule has 1 aromatic rings. The van der Waals surface area contributed by atoms with Gasteiger partial charge in [0.2, 0.25) is 5.95 Å². The summed E-state index contributed by atoms with van der Waals surface area (Å²) >= 11 is 0. The van der Waals surface area contributed by atoms with Gasteiger partial charge in [0.1, 0.15) is 0 Å². The number of nitrogens with one attached hydrogen (secondary N) is 1. The summed E-state index contributed by atoms with van der Waals surface area (Å²) < 4.78 is 0. The SMILES string of the molecule is Cc1cnc(NCCN2CCCCCC2)nc1. The van der Waals surface area contributed by atoms with Gasteiger partial charge in [-0.05, 0) is 38.4 Å². The minimum absolute atomic E-state index is 0.741. The quantitative estimate of drug-likeness (QED) is 0.866. The van der Waals surface area contributed by atoms with Crippen LogP contribution in [0.4, 0.5) is 5.95 Å². The van der Waals surface area contributed by atoms with Gasteiger partial charge in [-0.15, -0.1) is 0 Å². The molecular formula is C13H22N4. The van der Waals surface area contributed by atoms with Crippen molar-refractivity contribution < 1.29 is 0 Å². The van der Waals surface area contributed by atoms with Crippen molar-refractivity contribution >= 4 is 5.95 Å². The van der Waals surface area contributed by atoms with Crippen molar-refractivity contribution in [3.05, 3.63) is 18.0 Å². The smallest absolute Gasteiger partial charge is 0.222 e. The molecule has 0 bridgehead atoms. The van der Waals surface area contributed by atoms with Crippen LogP contribution in [0.25, 0.3) is 0 Å². The lowest BCUT2D eigenvalue weighted by molar-refractivity contribution is 0.296. The van der Waals surface area contributed by atoms with E-state index in [1.807, 2.05) is 19.3 Å². The van der Waals surface area contributed by atoms with E-state index >= 15 is 0 Å². The van der Waals surface area contributed by atoms with Crippen LogP contribution in [0.15, 0.2) is 12.4 Å². The normalized spacial score (nSPS) is 17.7. The molecule has 0 aliphatic carbocycles. The molecule has 0 radical (unpaired) electrons. The van der Waals surface area contributed by atoms with Gasteiger partial charge in [0, 0.05) is 25.5 Å². The predicted molar refractivity (Wildman–Crippen MR) is 70.2 cm³/mol. The average molecular weight is 234 g/mol. The van der Waals surface area contributed by atoms with E-state index in [9.17, 15) is 0 Å². The highest BCUT2D eigenvalue weighted by atomic mass is 15.2. The summed E-state index contributed by atoms with van der Waals surface area (Å²) in [6, 6.07) is 0. The summed E-state index contributed by atoms with van der Waals surface area (Å²) in [6.45, 7) is 6.52. The van der Waals surface area contributed by atoms with Crippen LogP contribution in [0.2, 0.25) is 0 Å². The zero-order chi connectivity index (χ0) is 11.9. The van der Waals surface area contributed by atoms with Crippen LogP contribution >= 0.6 is 0 Å². The van der Waals surface area contributed by atoms with Crippen LogP contribution in [0.5, 0.6) is 0 Å². The summed E-state index contributed by atoms with van der Waals surface area (Å²) in [4.78, 5) is 11.0. The first-order valence-electron chi connectivity index (χ1n) is 6.59. The lowest BCUT2D eigenvalue weighted by Gasteiger charge is -2.19. The average Bonchev–Trinajstić information content (AvgIpc) is 2.60. The van der Waals surface area contributed by atoms with Crippen molar-refractivity contribution in [2.75, 3.05) is 31.5 Å². The van der Waals surface area contributed by atoms with Gasteiger partial charge in [-0.25, -0.2) is 9.97 Å². The summed E-state index contributed by atoms with van der Waals surface area (Å²) in [5, 5.41) is 3.28. The number of nitrogens with zero attached hydrogens (tertiary/aromatic N) is 3. The molecule has 0 amide bonds. The Morgan fingerprint density at radius 1 is 1.12 bits per heavy atom. The first-order chi connectivity index (χ1) is 8.34. The molecule has 1 aliphatic heterocycles. The van der Waals surface area contributed by atoms with Crippen molar-refractivity contribution in [3.63, 3.8) is 0 Å².